The molecule has 3 rings (SSSR count). The number of aromatic nitrogens is 1. The number of nitrogens with zero attached hydrogens (tertiary/aromatic N) is 2. The molecule has 1 saturated heterocycles. The molecule has 0 radical (unpaired) electrons. The van der Waals surface area contributed by atoms with E-state index in [1.165, 1.54) is 19.5 Å². The average molecular weight is 276 g/mol. The van der Waals surface area contributed by atoms with Crippen LogP contribution in [0.15, 0.2) is 24.5 Å². The second-order valence-electron chi connectivity index (χ2n) is 6.26. The fraction of sp³-hybridized carbons (Fsp3) is 0.706. The number of rotatable bonds is 1. The molecular weight excluding hydrogens is 248 g/mol. The molecule has 0 unspecified atom stereocenters. The van der Waals surface area contributed by atoms with Crippen molar-refractivity contribution in [1.82, 2.24) is 9.88 Å². The first-order chi connectivity index (χ1) is 9.62. The number of pyridine rings is 1. The monoisotopic (exact) mass is 276 g/mol. The van der Waals surface area contributed by atoms with Gasteiger partial charge in [0.05, 0.1) is 5.60 Å². The van der Waals surface area contributed by atoms with Crippen molar-refractivity contribution in [2.75, 3.05) is 20.1 Å². The molecule has 1 saturated carbocycles. The van der Waals surface area contributed by atoms with Gasteiger partial charge in [0.1, 0.15) is 0 Å². The van der Waals surface area contributed by atoms with Crippen LogP contribution >= 0.6 is 0 Å². The van der Waals surface area contributed by atoms with E-state index in [1.807, 2.05) is 26.0 Å². The molecule has 2 heterocycles. The highest BCUT2D eigenvalue weighted by molar-refractivity contribution is 5.20. The van der Waals surface area contributed by atoms with E-state index in [9.17, 15) is 5.11 Å². The Hall–Kier alpha value is -0.930. The molecule has 0 amide bonds. The van der Waals surface area contributed by atoms with Crippen molar-refractivity contribution < 1.29 is 5.11 Å². The van der Waals surface area contributed by atoms with Gasteiger partial charge in [0.2, 0.25) is 0 Å². The first kappa shape index (κ1) is 15.5. The second-order valence-corrected chi connectivity index (χ2v) is 6.26. The van der Waals surface area contributed by atoms with Gasteiger partial charge in [0.25, 0.3) is 0 Å². The molecule has 112 valence electrons. The van der Waals surface area contributed by atoms with E-state index in [1.54, 1.807) is 12.4 Å². The van der Waals surface area contributed by atoms with Crippen LogP contribution < -0.4 is 0 Å². The summed E-state index contributed by atoms with van der Waals surface area (Å²) >= 11 is 0. The third-order valence-corrected chi connectivity index (χ3v) is 4.98. The van der Waals surface area contributed by atoms with Crippen molar-refractivity contribution in [1.29, 1.82) is 0 Å². The number of hydrogen-bond acceptors (Lipinski definition) is 3. The lowest BCUT2D eigenvalue weighted by Gasteiger charge is -2.42. The number of hydrogen-bond donors (Lipinski definition) is 1. The standard InChI is InChI=1S/C15H22N2O.C2H6/c1-17-11-8-14(12-17)4-6-15(18,7-5-14)13-2-9-16-10-3-13;1-2/h2-3,9-10,18H,4-8,11-12H2,1H3;1-2H3. The van der Waals surface area contributed by atoms with E-state index in [0.29, 0.717) is 5.41 Å². The molecule has 1 aromatic rings. The summed E-state index contributed by atoms with van der Waals surface area (Å²) in [4.78, 5) is 6.46. The van der Waals surface area contributed by atoms with Crippen LogP contribution in [0.5, 0.6) is 0 Å². The van der Waals surface area contributed by atoms with E-state index >= 15 is 0 Å². The van der Waals surface area contributed by atoms with E-state index in [0.717, 1.165) is 31.2 Å². The van der Waals surface area contributed by atoms with E-state index < -0.39 is 5.60 Å². The molecule has 20 heavy (non-hydrogen) atoms. The lowest BCUT2D eigenvalue weighted by atomic mass is 9.66. The molecule has 0 aromatic carbocycles. The molecule has 3 nitrogen and oxygen atoms in total. The molecule has 1 spiro atoms. The van der Waals surface area contributed by atoms with Crippen molar-refractivity contribution in [2.45, 2.75) is 51.6 Å². The minimum absolute atomic E-state index is 0.480. The first-order valence-corrected chi connectivity index (χ1v) is 7.94. The predicted octanol–water partition coefficient (Wildman–Crippen LogP) is 3.19. The molecule has 1 aromatic heterocycles. The van der Waals surface area contributed by atoms with Gasteiger partial charge in [-0.1, -0.05) is 13.8 Å². The van der Waals surface area contributed by atoms with E-state index in [4.69, 9.17) is 0 Å². The first-order valence-electron chi connectivity index (χ1n) is 7.94. The molecule has 0 bridgehead atoms. The van der Waals surface area contributed by atoms with Crippen molar-refractivity contribution in [3.05, 3.63) is 30.1 Å². The zero-order valence-electron chi connectivity index (χ0n) is 13.1. The molecule has 2 fully saturated rings. The second kappa shape index (κ2) is 6.23. The third kappa shape index (κ3) is 3.04. The van der Waals surface area contributed by atoms with Gasteiger partial charge in [-0.3, -0.25) is 4.98 Å². The van der Waals surface area contributed by atoms with Gasteiger partial charge < -0.3 is 10.0 Å². The summed E-state index contributed by atoms with van der Waals surface area (Å²) in [5.41, 5.74) is 0.905. The maximum atomic E-state index is 10.8. The van der Waals surface area contributed by atoms with Gasteiger partial charge in [0, 0.05) is 18.9 Å². The van der Waals surface area contributed by atoms with Gasteiger partial charge in [0.15, 0.2) is 0 Å². The summed E-state index contributed by atoms with van der Waals surface area (Å²) < 4.78 is 0. The topological polar surface area (TPSA) is 36.4 Å². The maximum Gasteiger partial charge on any atom is 0.0898 e. The van der Waals surface area contributed by atoms with Crippen LogP contribution in [0.4, 0.5) is 0 Å². The molecule has 3 heteroatoms. The third-order valence-electron chi connectivity index (χ3n) is 4.98. The van der Waals surface area contributed by atoms with E-state index in [2.05, 4.69) is 16.9 Å². The smallest absolute Gasteiger partial charge is 0.0898 e. The fourth-order valence-corrected chi connectivity index (χ4v) is 3.71. The van der Waals surface area contributed by atoms with Crippen LogP contribution in [0.2, 0.25) is 0 Å². The molecule has 1 aliphatic carbocycles. The Balaban J connectivity index is 0.000000704. The SMILES string of the molecule is CC.CN1CCC2(CCC(O)(c3ccncc3)CC2)C1. The van der Waals surface area contributed by atoms with Crippen LogP contribution in [0.3, 0.4) is 0 Å². The molecule has 2 aliphatic rings. The number of aliphatic hydroxyl groups is 1. The summed E-state index contributed by atoms with van der Waals surface area (Å²) in [5, 5.41) is 10.8. The summed E-state index contributed by atoms with van der Waals surface area (Å²) in [6, 6.07) is 3.91. The van der Waals surface area contributed by atoms with E-state index in [-0.39, 0.29) is 0 Å². The highest BCUT2D eigenvalue weighted by Gasteiger charge is 2.45. The lowest BCUT2D eigenvalue weighted by Crippen LogP contribution is -2.38. The van der Waals surface area contributed by atoms with Crippen molar-refractivity contribution >= 4 is 0 Å². The van der Waals surface area contributed by atoms with Crippen molar-refractivity contribution in [3.8, 4) is 0 Å². The minimum Gasteiger partial charge on any atom is -0.385 e. The van der Waals surface area contributed by atoms with Crippen LogP contribution in [-0.4, -0.2) is 35.1 Å². The summed E-state index contributed by atoms with van der Waals surface area (Å²) in [6.45, 7) is 6.42. The molecular formula is C17H28N2O. The summed E-state index contributed by atoms with van der Waals surface area (Å²) in [7, 11) is 2.21. The Morgan fingerprint density at radius 1 is 1.05 bits per heavy atom. The zero-order chi connectivity index (χ0) is 14.6. The Morgan fingerprint density at radius 3 is 2.15 bits per heavy atom. The van der Waals surface area contributed by atoms with Crippen LogP contribution in [-0.2, 0) is 5.60 Å². The highest BCUT2D eigenvalue weighted by atomic mass is 16.3. The van der Waals surface area contributed by atoms with Crippen molar-refractivity contribution in [2.24, 2.45) is 5.41 Å². The maximum absolute atomic E-state index is 10.8. The molecule has 1 N–H and O–H groups in total. The van der Waals surface area contributed by atoms with Gasteiger partial charge >= 0.3 is 0 Å². The molecule has 1 aliphatic heterocycles. The lowest BCUT2D eigenvalue weighted by molar-refractivity contribution is -0.0362. The fourth-order valence-electron chi connectivity index (χ4n) is 3.71. The van der Waals surface area contributed by atoms with Crippen molar-refractivity contribution in [3.63, 3.8) is 0 Å². The summed E-state index contributed by atoms with van der Waals surface area (Å²) in [5.74, 6) is 0. The largest absolute Gasteiger partial charge is 0.385 e. The quantitative estimate of drug-likeness (QED) is 0.856. The van der Waals surface area contributed by atoms with Gasteiger partial charge in [-0.2, -0.15) is 0 Å². The Kier molecular flexibility index (Phi) is 4.82. The minimum atomic E-state index is -0.616. The number of likely N-dealkylation sites (tertiary alicyclic amines) is 1. The highest BCUT2D eigenvalue weighted by Crippen LogP contribution is 2.49. The Bertz CT molecular complexity index is 410. The van der Waals surface area contributed by atoms with Gasteiger partial charge in [-0.05, 0) is 68.8 Å². The average Bonchev–Trinajstić information content (AvgIpc) is 2.87. The normalized spacial score (nSPS) is 33.8. The predicted molar refractivity (Wildman–Crippen MR) is 82.5 cm³/mol. The summed E-state index contributed by atoms with van der Waals surface area (Å²) in [6.07, 6.45) is 8.94. The van der Waals surface area contributed by atoms with Crippen LogP contribution in [0.1, 0.15) is 51.5 Å². The Morgan fingerprint density at radius 2 is 1.65 bits per heavy atom. The zero-order valence-corrected chi connectivity index (χ0v) is 13.1. The molecule has 0 atom stereocenters. The Labute approximate surface area is 123 Å². The van der Waals surface area contributed by atoms with Gasteiger partial charge in [-0.25, -0.2) is 0 Å². The van der Waals surface area contributed by atoms with Gasteiger partial charge in [-0.15, -0.1) is 0 Å². The van der Waals surface area contributed by atoms with Crippen LogP contribution in [0.25, 0.3) is 0 Å². The van der Waals surface area contributed by atoms with Crippen LogP contribution in [0, 0.1) is 5.41 Å².